The van der Waals surface area contributed by atoms with Crippen molar-refractivity contribution in [2.45, 2.75) is 54.9 Å². The van der Waals surface area contributed by atoms with E-state index < -0.39 is 0 Å². The second kappa shape index (κ2) is 17.2. The smallest absolute Gasteiger partial charge is 0.234 e. The van der Waals surface area contributed by atoms with Gasteiger partial charge in [-0.25, -0.2) is 9.98 Å². The molecular weight excluding hydrogens is 441 g/mol. The normalized spacial score (nSPS) is 10.6. The maximum atomic E-state index is 9.58. The van der Waals surface area contributed by atoms with Crippen molar-refractivity contribution in [3.8, 4) is 11.3 Å². The number of halogens is 2. The quantitative estimate of drug-likeness (QED) is 0.281. The van der Waals surface area contributed by atoms with Crippen LogP contribution in [0.15, 0.2) is 65.8 Å². The topological polar surface area (TPSA) is 46.7 Å². The number of aliphatic imine (C=N–C) groups is 1. The van der Waals surface area contributed by atoms with Gasteiger partial charge in [-0.1, -0.05) is 89.0 Å². The molecule has 0 aliphatic heterocycles. The van der Waals surface area contributed by atoms with Crippen LogP contribution in [0.2, 0.25) is 5.02 Å². The predicted molar refractivity (Wildman–Crippen MR) is 141 cm³/mol. The fourth-order valence-electron chi connectivity index (χ4n) is 2.45. The van der Waals surface area contributed by atoms with Crippen LogP contribution in [0.5, 0.6) is 0 Å². The number of carbonyl (C=O) groups is 1. The molecule has 0 aliphatic rings. The van der Waals surface area contributed by atoms with Crippen LogP contribution >= 0.6 is 23.2 Å². The third-order valence-electron chi connectivity index (χ3n) is 3.56. The Morgan fingerprint density at radius 1 is 1.12 bits per heavy atom. The number of aryl methyl sites for hydroxylation is 1. The van der Waals surface area contributed by atoms with Crippen LogP contribution in [0.3, 0.4) is 0 Å². The van der Waals surface area contributed by atoms with Gasteiger partial charge in [0.25, 0.3) is 0 Å². The van der Waals surface area contributed by atoms with Crippen LogP contribution in [0.4, 0.5) is 0 Å². The molecule has 3 rings (SSSR count). The summed E-state index contributed by atoms with van der Waals surface area (Å²) in [6.07, 6.45) is 6.65. The standard InChI is InChI=1S/C15H13ClN2.C5H6ClNO.C4H10.C2H6/c1-2-13-15(11-6-8-12(16)9-7-11)17-14-5-3-4-10-18(13)14;1-2-3-5(6)7-4-8;1-4(2)3;1-2/h3-10H,2H2,1H3;2-4H,1H3;4H,1-3H3;1-2H3/b;3-2-,7-5?;;. The highest BCUT2D eigenvalue weighted by atomic mass is 35.5. The number of hydrogen-bond acceptors (Lipinski definition) is 2. The zero-order valence-corrected chi connectivity index (χ0v) is 21.7. The number of amides is 1. The summed E-state index contributed by atoms with van der Waals surface area (Å²) in [6.45, 7) is 14.4. The van der Waals surface area contributed by atoms with E-state index in [1.807, 2.05) is 56.3 Å². The molecule has 2 heterocycles. The Balaban J connectivity index is 0.000000577. The average molecular weight is 476 g/mol. The zero-order valence-electron chi connectivity index (χ0n) is 20.1. The van der Waals surface area contributed by atoms with Crippen molar-refractivity contribution < 1.29 is 4.79 Å². The molecule has 1 aromatic carbocycles. The molecule has 3 aromatic rings. The van der Waals surface area contributed by atoms with Crippen LogP contribution in [0, 0.1) is 5.92 Å². The van der Waals surface area contributed by atoms with Gasteiger partial charge in [-0.2, -0.15) is 0 Å². The van der Waals surface area contributed by atoms with Gasteiger partial charge in [-0.05, 0) is 49.6 Å². The highest BCUT2D eigenvalue weighted by molar-refractivity contribution is 6.68. The number of carbonyl (C=O) groups excluding carboxylic acids is 1. The Morgan fingerprint density at radius 2 is 1.72 bits per heavy atom. The molecule has 0 atom stereocenters. The first-order valence-corrected chi connectivity index (χ1v) is 11.6. The third-order valence-corrected chi connectivity index (χ3v) is 4.04. The summed E-state index contributed by atoms with van der Waals surface area (Å²) in [4.78, 5) is 17.5. The lowest BCUT2D eigenvalue weighted by Gasteiger charge is -2.02. The van der Waals surface area contributed by atoms with Crippen molar-refractivity contribution in [3.05, 3.63) is 71.5 Å². The van der Waals surface area contributed by atoms with Crippen LogP contribution in [-0.2, 0) is 11.2 Å². The molecule has 174 valence electrons. The molecule has 0 aliphatic carbocycles. The van der Waals surface area contributed by atoms with Gasteiger partial charge in [-0.15, -0.1) is 0 Å². The lowest BCUT2D eigenvalue weighted by molar-refractivity contribution is -0.106. The van der Waals surface area contributed by atoms with Crippen LogP contribution < -0.4 is 0 Å². The van der Waals surface area contributed by atoms with Gasteiger partial charge in [0.05, 0.1) is 11.4 Å². The van der Waals surface area contributed by atoms with Gasteiger partial charge in [-0.3, -0.25) is 4.79 Å². The first-order chi connectivity index (χ1) is 15.3. The first kappa shape index (κ1) is 29.6. The number of rotatable bonds is 4. The number of imidazole rings is 1. The number of hydrogen-bond donors (Lipinski definition) is 0. The predicted octanol–water partition coefficient (Wildman–Crippen LogP) is 8.26. The molecule has 4 nitrogen and oxygen atoms in total. The van der Waals surface area contributed by atoms with Gasteiger partial charge in [0.15, 0.2) is 0 Å². The second-order valence-corrected chi connectivity index (χ2v) is 7.81. The van der Waals surface area contributed by atoms with Gasteiger partial charge >= 0.3 is 0 Å². The molecule has 0 saturated carbocycles. The minimum atomic E-state index is 0.211. The Bertz CT molecular complexity index is 972. The van der Waals surface area contributed by atoms with Crippen molar-refractivity contribution in [1.29, 1.82) is 0 Å². The Labute approximate surface area is 203 Å². The van der Waals surface area contributed by atoms with Gasteiger partial charge in [0, 0.05) is 16.8 Å². The van der Waals surface area contributed by atoms with Crippen molar-refractivity contribution in [2.24, 2.45) is 10.9 Å². The minimum Gasteiger partial charge on any atom is -0.303 e. The van der Waals surface area contributed by atoms with E-state index >= 15 is 0 Å². The van der Waals surface area contributed by atoms with Gasteiger partial charge in [0.1, 0.15) is 10.8 Å². The third kappa shape index (κ3) is 10.7. The van der Waals surface area contributed by atoms with E-state index in [-0.39, 0.29) is 5.17 Å². The molecule has 0 unspecified atom stereocenters. The lowest BCUT2D eigenvalue weighted by Crippen LogP contribution is -1.91. The summed E-state index contributed by atoms with van der Waals surface area (Å²) in [7, 11) is 0. The first-order valence-electron chi connectivity index (χ1n) is 10.9. The van der Waals surface area contributed by atoms with E-state index in [0.29, 0.717) is 6.41 Å². The number of nitrogens with zero attached hydrogens (tertiary/aromatic N) is 3. The van der Waals surface area contributed by atoms with Crippen molar-refractivity contribution in [2.75, 3.05) is 0 Å². The Morgan fingerprint density at radius 3 is 2.22 bits per heavy atom. The van der Waals surface area contributed by atoms with Crippen molar-refractivity contribution in [1.82, 2.24) is 9.38 Å². The number of pyridine rings is 1. The molecule has 1 amide bonds. The van der Waals surface area contributed by atoms with E-state index in [0.717, 1.165) is 34.3 Å². The molecule has 0 radical (unpaired) electrons. The molecule has 2 aromatic heterocycles. The van der Waals surface area contributed by atoms with Crippen LogP contribution in [0.1, 0.15) is 54.2 Å². The fraction of sp³-hybridized carbons (Fsp3) is 0.346. The van der Waals surface area contributed by atoms with Crippen LogP contribution in [-0.4, -0.2) is 21.0 Å². The molecule has 0 spiro atoms. The average Bonchev–Trinajstić information content (AvgIpc) is 3.15. The molecule has 0 N–H and O–H groups in total. The largest absolute Gasteiger partial charge is 0.303 e. The van der Waals surface area contributed by atoms with Crippen molar-refractivity contribution >= 4 is 40.4 Å². The lowest BCUT2D eigenvalue weighted by atomic mass is 10.1. The van der Waals surface area contributed by atoms with Gasteiger partial charge < -0.3 is 4.40 Å². The summed E-state index contributed by atoms with van der Waals surface area (Å²) >= 11 is 11.2. The van der Waals surface area contributed by atoms with Gasteiger partial charge in [0.2, 0.25) is 6.41 Å². The van der Waals surface area contributed by atoms with Crippen molar-refractivity contribution in [3.63, 3.8) is 0 Å². The second-order valence-electron chi connectivity index (χ2n) is 6.99. The summed E-state index contributed by atoms with van der Waals surface area (Å²) in [5, 5.41) is 0.961. The molecule has 6 heteroatoms. The highest BCUT2D eigenvalue weighted by Gasteiger charge is 2.11. The maximum absolute atomic E-state index is 9.58. The van der Waals surface area contributed by atoms with E-state index in [2.05, 4.69) is 43.3 Å². The monoisotopic (exact) mass is 475 g/mol. The number of aromatic nitrogens is 2. The fourth-order valence-corrected chi connectivity index (χ4v) is 2.75. The molecule has 32 heavy (non-hydrogen) atoms. The Kier molecular flexibility index (Phi) is 15.9. The summed E-state index contributed by atoms with van der Waals surface area (Å²) in [5.41, 5.74) is 4.37. The molecule has 0 fully saturated rings. The Hall–Kier alpha value is -2.43. The van der Waals surface area contributed by atoms with E-state index in [4.69, 9.17) is 28.2 Å². The summed E-state index contributed by atoms with van der Waals surface area (Å²) < 4.78 is 2.14. The molecule has 0 saturated heterocycles. The van der Waals surface area contributed by atoms with E-state index in [9.17, 15) is 4.79 Å². The SMILES string of the molecule is C/C=C\C(Cl)=NC=O.CC.CC(C)C.CCc1c(-c2ccc(Cl)cc2)nc2ccccn12. The molecular formula is C26H35Cl2N3O. The van der Waals surface area contributed by atoms with E-state index in [1.54, 1.807) is 13.0 Å². The van der Waals surface area contributed by atoms with Crippen LogP contribution in [0.25, 0.3) is 16.9 Å². The highest BCUT2D eigenvalue weighted by Crippen LogP contribution is 2.26. The zero-order chi connectivity index (χ0) is 24.5. The maximum Gasteiger partial charge on any atom is 0.234 e. The van der Waals surface area contributed by atoms with E-state index in [1.165, 1.54) is 11.8 Å². The summed E-state index contributed by atoms with van der Waals surface area (Å²) in [6, 6.07) is 13.9. The number of fused-ring (bicyclic) bond motifs is 1. The number of benzene rings is 1. The molecule has 0 bridgehead atoms. The number of allylic oxidation sites excluding steroid dienone is 2. The summed E-state index contributed by atoms with van der Waals surface area (Å²) in [5.74, 6) is 0.833. The minimum absolute atomic E-state index is 0.211.